The van der Waals surface area contributed by atoms with E-state index in [1.807, 2.05) is 6.07 Å². The molecule has 0 spiro atoms. The first-order valence-electron chi connectivity index (χ1n) is 6.78. The molecule has 2 atom stereocenters. The molecule has 0 aliphatic heterocycles. The number of carbonyl (C=O) groups is 1. The minimum atomic E-state index is -1.22. The topological polar surface area (TPSA) is 77.8 Å². The van der Waals surface area contributed by atoms with E-state index in [1.165, 1.54) is 0 Å². The Labute approximate surface area is 123 Å². The van der Waals surface area contributed by atoms with Gasteiger partial charge in [-0.2, -0.15) is 0 Å². The van der Waals surface area contributed by atoms with Crippen LogP contribution in [-0.4, -0.2) is 39.9 Å². The van der Waals surface area contributed by atoms with Crippen molar-refractivity contribution in [2.45, 2.75) is 18.6 Å². The average Bonchev–Trinajstić information content (AvgIpc) is 2.54. The van der Waals surface area contributed by atoms with Crippen LogP contribution in [0.1, 0.15) is 21.5 Å². The molecule has 0 radical (unpaired) electrons. The summed E-state index contributed by atoms with van der Waals surface area (Å²) in [4.78, 5) is 12.5. The highest BCUT2D eigenvalue weighted by Gasteiger charge is 2.19. The maximum atomic E-state index is 12.5. The van der Waals surface area contributed by atoms with Gasteiger partial charge in [-0.05, 0) is 5.56 Å². The smallest absolute Gasteiger partial charge is 0.193 e. The van der Waals surface area contributed by atoms with Crippen molar-refractivity contribution in [2.24, 2.45) is 0 Å². The summed E-state index contributed by atoms with van der Waals surface area (Å²) in [6.07, 6.45) is -2.22. The fraction of sp³-hybridized carbons (Fsp3) is 0.235. The van der Waals surface area contributed by atoms with Gasteiger partial charge in [-0.25, -0.2) is 0 Å². The summed E-state index contributed by atoms with van der Waals surface area (Å²) in [5.41, 5.74) is 1.71. The van der Waals surface area contributed by atoms with Crippen LogP contribution in [0.4, 0.5) is 0 Å². The highest BCUT2D eigenvalue weighted by atomic mass is 16.4. The van der Waals surface area contributed by atoms with Crippen LogP contribution in [0.15, 0.2) is 54.6 Å². The summed E-state index contributed by atoms with van der Waals surface area (Å²) >= 11 is 0. The second-order valence-electron chi connectivity index (χ2n) is 4.87. The Bertz CT molecular complexity index is 595. The fourth-order valence-electron chi connectivity index (χ4n) is 2.15. The molecule has 3 N–H and O–H groups in total. The molecule has 2 aromatic rings. The second-order valence-corrected chi connectivity index (χ2v) is 4.87. The van der Waals surface area contributed by atoms with E-state index in [9.17, 15) is 15.0 Å². The maximum absolute atomic E-state index is 12.5. The Kier molecular flexibility index (Phi) is 5.22. The molecule has 0 fully saturated rings. The van der Waals surface area contributed by atoms with Gasteiger partial charge in [0.1, 0.15) is 6.10 Å². The molecule has 21 heavy (non-hydrogen) atoms. The number of aliphatic hydroxyl groups excluding tert-OH is 3. The van der Waals surface area contributed by atoms with Crippen molar-refractivity contribution in [3.8, 4) is 0 Å². The molecule has 4 heteroatoms. The molecule has 2 unspecified atom stereocenters. The van der Waals surface area contributed by atoms with E-state index < -0.39 is 18.8 Å². The van der Waals surface area contributed by atoms with Crippen LogP contribution in [0.5, 0.6) is 0 Å². The van der Waals surface area contributed by atoms with Gasteiger partial charge < -0.3 is 15.3 Å². The highest BCUT2D eigenvalue weighted by Crippen LogP contribution is 2.17. The lowest BCUT2D eigenvalue weighted by atomic mass is 9.94. The van der Waals surface area contributed by atoms with E-state index in [0.29, 0.717) is 16.7 Å². The molecule has 0 bridgehead atoms. The largest absolute Gasteiger partial charge is 0.394 e. The van der Waals surface area contributed by atoms with E-state index >= 15 is 0 Å². The zero-order valence-electron chi connectivity index (χ0n) is 11.5. The standard InChI is InChI=1S/C17H18O4/c18-11-16(20)15(19)10-13-8-4-5-9-14(13)17(21)12-6-2-1-3-7-12/h1-9,15-16,18-20H,10-11H2. The summed E-state index contributed by atoms with van der Waals surface area (Å²) < 4.78 is 0. The van der Waals surface area contributed by atoms with Gasteiger partial charge in [-0.1, -0.05) is 54.6 Å². The van der Waals surface area contributed by atoms with Crippen LogP contribution in [0.3, 0.4) is 0 Å². The van der Waals surface area contributed by atoms with Gasteiger partial charge in [0, 0.05) is 17.5 Å². The number of ketones is 1. The van der Waals surface area contributed by atoms with Crippen LogP contribution in [0, 0.1) is 0 Å². The first kappa shape index (κ1) is 15.4. The number of hydrogen-bond acceptors (Lipinski definition) is 4. The van der Waals surface area contributed by atoms with Gasteiger partial charge in [-0.3, -0.25) is 4.79 Å². The third-order valence-electron chi connectivity index (χ3n) is 3.36. The van der Waals surface area contributed by atoms with Crippen LogP contribution < -0.4 is 0 Å². The molecule has 0 aromatic heterocycles. The predicted molar refractivity (Wildman–Crippen MR) is 79.1 cm³/mol. The Hall–Kier alpha value is -2.01. The van der Waals surface area contributed by atoms with Crippen LogP contribution in [0.2, 0.25) is 0 Å². The predicted octanol–water partition coefficient (Wildman–Crippen LogP) is 1.17. The molecule has 0 saturated carbocycles. The minimum absolute atomic E-state index is 0.108. The molecular weight excluding hydrogens is 268 g/mol. The van der Waals surface area contributed by atoms with Crippen molar-refractivity contribution in [1.29, 1.82) is 0 Å². The van der Waals surface area contributed by atoms with E-state index in [4.69, 9.17) is 5.11 Å². The van der Waals surface area contributed by atoms with Gasteiger partial charge in [-0.15, -0.1) is 0 Å². The third kappa shape index (κ3) is 3.76. The van der Waals surface area contributed by atoms with Gasteiger partial charge >= 0.3 is 0 Å². The molecule has 0 aliphatic rings. The summed E-state index contributed by atoms with van der Waals surface area (Å²) in [6.45, 7) is -0.518. The number of rotatable bonds is 6. The van der Waals surface area contributed by atoms with E-state index in [0.717, 1.165) is 0 Å². The zero-order chi connectivity index (χ0) is 15.2. The first-order valence-corrected chi connectivity index (χ1v) is 6.78. The van der Waals surface area contributed by atoms with Gasteiger partial charge in [0.25, 0.3) is 0 Å². The Balaban J connectivity index is 2.27. The summed E-state index contributed by atoms with van der Waals surface area (Å²) in [6, 6.07) is 15.9. The molecule has 4 nitrogen and oxygen atoms in total. The van der Waals surface area contributed by atoms with Crippen molar-refractivity contribution in [3.63, 3.8) is 0 Å². The number of carbonyl (C=O) groups excluding carboxylic acids is 1. The van der Waals surface area contributed by atoms with Crippen molar-refractivity contribution in [3.05, 3.63) is 71.3 Å². The quantitative estimate of drug-likeness (QED) is 0.697. The lowest BCUT2D eigenvalue weighted by Crippen LogP contribution is -2.31. The lowest BCUT2D eigenvalue weighted by molar-refractivity contribution is -0.0133. The van der Waals surface area contributed by atoms with Gasteiger partial charge in [0.15, 0.2) is 5.78 Å². The van der Waals surface area contributed by atoms with E-state index in [-0.39, 0.29) is 12.2 Å². The normalized spacial score (nSPS) is 13.7. The average molecular weight is 286 g/mol. The molecule has 0 saturated heterocycles. The van der Waals surface area contributed by atoms with Crippen LogP contribution >= 0.6 is 0 Å². The van der Waals surface area contributed by atoms with Crippen LogP contribution in [-0.2, 0) is 6.42 Å². The summed E-state index contributed by atoms with van der Waals surface area (Å²) in [5, 5.41) is 28.1. The van der Waals surface area contributed by atoms with E-state index in [2.05, 4.69) is 0 Å². The lowest BCUT2D eigenvalue weighted by Gasteiger charge is -2.17. The van der Waals surface area contributed by atoms with E-state index in [1.54, 1.807) is 48.5 Å². The number of hydrogen-bond donors (Lipinski definition) is 3. The second kappa shape index (κ2) is 7.13. The summed E-state index contributed by atoms with van der Waals surface area (Å²) in [5.74, 6) is -0.128. The molecule has 0 aliphatic carbocycles. The van der Waals surface area contributed by atoms with Gasteiger partial charge in [0.2, 0.25) is 0 Å². The Morgan fingerprint density at radius 1 is 0.905 bits per heavy atom. The molecular formula is C17H18O4. The highest BCUT2D eigenvalue weighted by molar-refractivity contribution is 6.09. The Morgan fingerprint density at radius 3 is 2.19 bits per heavy atom. The maximum Gasteiger partial charge on any atom is 0.193 e. The molecule has 110 valence electrons. The summed E-state index contributed by atoms with van der Waals surface area (Å²) in [7, 11) is 0. The van der Waals surface area contributed by atoms with Crippen LogP contribution in [0.25, 0.3) is 0 Å². The first-order chi connectivity index (χ1) is 10.1. The fourth-order valence-corrected chi connectivity index (χ4v) is 2.15. The van der Waals surface area contributed by atoms with Crippen molar-refractivity contribution in [2.75, 3.05) is 6.61 Å². The number of benzene rings is 2. The Morgan fingerprint density at radius 2 is 1.52 bits per heavy atom. The molecule has 2 aromatic carbocycles. The zero-order valence-corrected chi connectivity index (χ0v) is 11.5. The van der Waals surface area contributed by atoms with Crippen molar-refractivity contribution >= 4 is 5.78 Å². The monoisotopic (exact) mass is 286 g/mol. The van der Waals surface area contributed by atoms with Crippen molar-refractivity contribution < 1.29 is 20.1 Å². The minimum Gasteiger partial charge on any atom is -0.394 e. The van der Waals surface area contributed by atoms with Crippen molar-refractivity contribution in [1.82, 2.24) is 0 Å². The molecule has 2 rings (SSSR count). The number of aliphatic hydroxyl groups is 3. The molecule has 0 heterocycles. The van der Waals surface area contributed by atoms with Gasteiger partial charge in [0.05, 0.1) is 12.7 Å². The molecule has 0 amide bonds. The SMILES string of the molecule is O=C(c1ccccc1)c1ccccc1CC(O)C(O)CO. The third-order valence-corrected chi connectivity index (χ3v) is 3.36.